The predicted molar refractivity (Wildman–Crippen MR) is 118 cm³/mol. The number of hydrogen-bond acceptors (Lipinski definition) is 7. The summed E-state index contributed by atoms with van der Waals surface area (Å²) in [6.07, 6.45) is 0. The largest absolute Gasteiger partial charge is 0.507 e. The number of fused-ring (bicyclic) bond motifs is 1. The van der Waals surface area contributed by atoms with Crippen molar-refractivity contribution in [1.29, 1.82) is 0 Å². The van der Waals surface area contributed by atoms with Gasteiger partial charge in [-0.3, -0.25) is 20.2 Å². The molecule has 9 nitrogen and oxygen atoms in total. The number of aromatic hydroxyl groups is 1. The zero-order chi connectivity index (χ0) is 22.0. The van der Waals surface area contributed by atoms with E-state index < -0.39 is 10.8 Å². The van der Waals surface area contributed by atoms with Crippen molar-refractivity contribution in [2.75, 3.05) is 5.32 Å². The number of oxazole rings is 1. The molecule has 1 aromatic heterocycles. The minimum atomic E-state index is -0.725. The van der Waals surface area contributed by atoms with Crippen molar-refractivity contribution in [3.63, 3.8) is 0 Å². The lowest BCUT2D eigenvalue weighted by atomic mass is 10.1. The summed E-state index contributed by atoms with van der Waals surface area (Å²) >= 11 is 5.11. The third-order valence-corrected chi connectivity index (χ3v) is 4.56. The van der Waals surface area contributed by atoms with Crippen LogP contribution >= 0.6 is 12.2 Å². The van der Waals surface area contributed by atoms with E-state index in [1.807, 2.05) is 12.1 Å². The summed E-state index contributed by atoms with van der Waals surface area (Å²) in [6.45, 7) is 0. The van der Waals surface area contributed by atoms with Gasteiger partial charge in [-0.1, -0.05) is 24.3 Å². The van der Waals surface area contributed by atoms with Crippen LogP contribution in [0.2, 0.25) is 0 Å². The molecule has 0 fully saturated rings. The number of nitrogens with zero attached hydrogens (tertiary/aromatic N) is 2. The molecule has 31 heavy (non-hydrogen) atoms. The van der Waals surface area contributed by atoms with Crippen molar-refractivity contribution in [1.82, 2.24) is 10.3 Å². The summed E-state index contributed by atoms with van der Waals surface area (Å²) in [5.74, 6) is -0.570. The van der Waals surface area contributed by atoms with Crippen molar-refractivity contribution in [2.45, 2.75) is 0 Å². The number of amides is 1. The highest BCUT2D eigenvalue weighted by Gasteiger charge is 2.20. The van der Waals surface area contributed by atoms with E-state index in [-0.39, 0.29) is 28.0 Å². The monoisotopic (exact) mass is 434 g/mol. The van der Waals surface area contributed by atoms with Crippen LogP contribution in [0.25, 0.3) is 22.6 Å². The number of nitrogens with one attached hydrogen (secondary N) is 2. The second-order valence-electron chi connectivity index (χ2n) is 6.40. The standard InChI is InChI=1S/C21H14N4O5S/c26-17-11-12(9-10-14(17)20-23-15-6-2-4-8-18(15)30-20)22-21(31)24-19(27)13-5-1-3-7-16(13)25(28)29/h1-11,26H,(H2,22,24,27,31). The molecule has 10 heteroatoms. The second-order valence-corrected chi connectivity index (χ2v) is 6.81. The average molecular weight is 434 g/mol. The molecule has 0 saturated heterocycles. The van der Waals surface area contributed by atoms with Crippen molar-refractivity contribution in [2.24, 2.45) is 0 Å². The van der Waals surface area contributed by atoms with Gasteiger partial charge in [-0.05, 0) is 42.5 Å². The van der Waals surface area contributed by atoms with Crippen LogP contribution in [-0.4, -0.2) is 26.0 Å². The van der Waals surface area contributed by atoms with Gasteiger partial charge in [0.05, 0.1) is 10.5 Å². The van der Waals surface area contributed by atoms with Crippen LogP contribution in [0, 0.1) is 10.1 Å². The molecule has 0 radical (unpaired) electrons. The molecule has 0 saturated carbocycles. The second kappa shape index (κ2) is 8.20. The molecule has 1 heterocycles. The van der Waals surface area contributed by atoms with Crippen molar-refractivity contribution in [3.05, 3.63) is 82.4 Å². The van der Waals surface area contributed by atoms with Crippen LogP contribution < -0.4 is 10.6 Å². The maximum atomic E-state index is 12.3. The van der Waals surface area contributed by atoms with Gasteiger partial charge in [0, 0.05) is 17.8 Å². The molecule has 3 N–H and O–H groups in total. The van der Waals surface area contributed by atoms with E-state index in [0.29, 0.717) is 22.4 Å². The summed E-state index contributed by atoms with van der Waals surface area (Å²) in [5, 5.41) is 26.5. The van der Waals surface area contributed by atoms with Gasteiger partial charge in [0.25, 0.3) is 11.6 Å². The topological polar surface area (TPSA) is 131 Å². The summed E-state index contributed by atoms with van der Waals surface area (Å²) < 4.78 is 5.66. The zero-order valence-corrected chi connectivity index (χ0v) is 16.6. The molecule has 0 unspecified atom stereocenters. The van der Waals surface area contributed by atoms with Crippen LogP contribution in [0.4, 0.5) is 11.4 Å². The Morgan fingerprint density at radius 3 is 2.58 bits per heavy atom. The third kappa shape index (κ3) is 4.19. The predicted octanol–water partition coefficient (Wildman–Crippen LogP) is 4.24. The van der Waals surface area contributed by atoms with Crippen LogP contribution in [-0.2, 0) is 0 Å². The lowest BCUT2D eigenvalue weighted by Crippen LogP contribution is -2.34. The number of rotatable bonds is 4. The molecule has 0 aliphatic heterocycles. The number of thiocarbonyl (C=S) groups is 1. The fourth-order valence-corrected chi connectivity index (χ4v) is 3.15. The number of anilines is 1. The van der Waals surface area contributed by atoms with Gasteiger partial charge in [0.15, 0.2) is 10.7 Å². The first kappa shape index (κ1) is 20.0. The number of carbonyl (C=O) groups is 1. The van der Waals surface area contributed by atoms with E-state index in [2.05, 4.69) is 15.6 Å². The molecule has 4 aromatic rings. The fourth-order valence-electron chi connectivity index (χ4n) is 2.94. The molecule has 0 aliphatic rings. The molecule has 0 bridgehead atoms. The van der Waals surface area contributed by atoms with Crippen molar-refractivity contribution in [3.8, 4) is 17.2 Å². The van der Waals surface area contributed by atoms with Crippen LogP contribution in [0.3, 0.4) is 0 Å². The minimum Gasteiger partial charge on any atom is -0.507 e. The summed E-state index contributed by atoms with van der Waals surface area (Å²) in [4.78, 5) is 27.1. The van der Waals surface area contributed by atoms with Gasteiger partial charge >= 0.3 is 0 Å². The average Bonchev–Trinajstić information content (AvgIpc) is 3.17. The number of carbonyl (C=O) groups excluding carboxylic acids is 1. The normalized spacial score (nSPS) is 10.6. The number of nitro benzene ring substituents is 1. The number of benzene rings is 3. The first-order valence-corrected chi connectivity index (χ1v) is 9.38. The van der Waals surface area contributed by atoms with E-state index >= 15 is 0 Å². The molecule has 0 atom stereocenters. The first-order valence-electron chi connectivity index (χ1n) is 8.97. The number of hydrogen-bond donors (Lipinski definition) is 3. The number of para-hydroxylation sites is 3. The third-order valence-electron chi connectivity index (χ3n) is 4.35. The Labute approximate surface area is 180 Å². The van der Waals surface area contributed by atoms with Gasteiger partial charge in [-0.2, -0.15) is 0 Å². The highest BCUT2D eigenvalue weighted by Crippen LogP contribution is 2.33. The molecular weight excluding hydrogens is 420 g/mol. The highest BCUT2D eigenvalue weighted by molar-refractivity contribution is 7.80. The Bertz CT molecular complexity index is 1300. The van der Waals surface area contributed by atoms with Crippen molar-refractivity contribution >= 4 is 45.7 Å². The smallest absolute Gasteiger partial charge is 0.282 e. The number of phenolic OH excluding ortho intramolecular Hbond substituents is 1. The maximum Gasteiger partial charge on any atom is 0.282 e. The van der Waals surface area contributed by atoms with Crippen LogP contribution in [0.15, 0.2) is 71.1 Å². The summed E-state index contributed by atoms with van der Waals surface area (Å²) in [6, 6.07) is 17.4. The van der Waals surface area contributed by atoms with Gasteiger partial charge < -0.3 is 14.8 Å². The lowest BCUT2D eigenvalue weighted by molar-refractivity contribution is -0.385. The molecule has 4 rings (SSSR count). The number of nitro groups is 1. The summed E-state index contributed by atoms with van der Waals surface area (Å²) in [7, 11) is 0. The van der Waals surface area contributed by atoms with Crippen LogP contribution in [0.5, 0.6) is 5.75 Å². The number of aromatic nitrogens is 1. The molecule has 1 amide bonds. The molecule has 0 aliphatic carbocycles. The molecule has 3 aromatic carbocycles. The SMILES string of the molecule is O=C(NC(=S)Nc1ccc(-c2nc3ccccc3o2)c(O)c1)c1ccccc1[N+](=O)[O-]. The Hall–Kier alpha value is -4.31. The van der Waals surface area contributed by atoms with E-state index in [9.17, 15) is 20.0 Å². The Morgan fingerprint density at radius 1 is 1.10 bits per heavy atom. The van der Waals surface area contributed by atoms with Gasteiger partial charge in [0.1, 0.15) is 16.8 Å². The van der Waals surface area contributed by atoms with Gasteiger partial charge in [-0.15, -0.1) is 0 Å². The Morgan fingerprint density at radius 2 is 1.84 bits per heavy atom. The minimum absolute atomic E-state index is 0.0860. The van der Waals surface area contributed by atoms with Crippen LogP contribution in [0.1, 0.15) is 10.4 Å². The molecular formula is C21H14N4O5S. The fraction of sp³-hybridized carbons (Fsp3) is 0. The van der Waals surface area contributed by atoms with E-state index in [1.54, 1.807) is 24.3 Å². The van der Waals surface area contributed by atoms with E-state index in [4.69, 9.17) is 16.6 Å². The van der Waals surface area contributed by atoms with E-state index in [0.717, 1.165) is 0 Å². The Balaban J connectivity index is 1.48. The quantitative estimate of drug-likeness (QED) is 0.247. The van der Waals surface area contributed by atoms with Gasteiger partial charge in [0.2, 0.25) is 5.89 Å². The summed E-state index contributed by atoms with van der Waals surface area (Å²) in [5.41, 5.74) is 1.59. The maximum absolute atomic E-state index is 12.3. The number of phenols is 1. The first-order chi connectivity index (χ1) is 14.9. The lowest BCUT2D eigenvalue weighted by Gasteiger charge is -2.11. The van der Waals surface area contributed by atoms with Crippen molar-refractivity contribution < 1.29 is 19.2 Å². The zero-order valence-electron chi connectivity index (χ0n) is 15.7. The van der Waals surface area contributed by atoms with Gasteiger partial charge in [-0.25, -0.2) is 4.98 Å². The highest BCUT2D eigenvalue weighted by atomic mass is 32.1. The molecule has 0 spiro atoms. The molecule has 154 valence electrons. The Kier molecular flexibility index (Phi) is 5.29. The van der Waals surface area contributed by atoms with E-state index in [1.165, 1.54) is 30.3 Å².